The summed E-state index contributed by atoms with van der Waals surface area (Å²) >= 11 is 14.8. The van der Waals surface area contributed by atoms with E-state index in [9.17, 15) is 4.79 Å². The Balaban J connectivity index is 1.98. The zero-order chi connectivity index (χ0) is 15.0. The Morgan fingerprint density at radius 3 is 2.86 bits per heavy atom. The molecule has 0 fully saturated rings. The number of ether oxygens (including phenoxy) is 1. The first-order chi connectivity index (χ1) is 10.0. The number of benzene rings is 2. The lowest BCUT2D eigenvalue weighted by Crippen LogP contribution is -2.25. The van der Waals surface area contributed by atoms with Crippen molar-refractivity contribution in [3.05, 3.63) is 56.1 Å². The number of fused-ring (bicyclic) bond motifs is 1. The second-order valence-corrected chi connectivity index (χ2v) is 6.66. The Bertz CT molecular complexity index is 721. The molecular formula is C15H10Cl2INO2. The molecule has 6 heteroatoms. The number of alkyl halides is 1. The maximum atomic E-state index is 11.4. The SMILES string of the molecule is O=C1COc2ccc(C(Cl)c3cc(Cl)ccc3I)cc2N1. The van der Waals surface area contributed by atoms with Crippen molar-refractivity contribution in [1.82, 2.24) is 0 Å². The van der Waals surface area contributed by atoms with Crippen LogP contribution in [0, 0.1) is 3.57 Å². The lowest BCUT2D eigenvalue weighted by molar-refractivity contribution is -0.118. The van der Waals surface area contributed by atoms with Crippen molar-refractivity contribution in [2.24, 2.45) is 0 Å². The Hall–Kier alpha value is -0.980. The van der Waals surface area contributed by atoms with E-state index in [0.717, 1.165) is 14.7 Å². The van der Waals surface area contributed by atoms with E-state index in [1.165, 1.54) is 0 Å². The zero-order valence-corrected chi connectivity index (χ0v) is 14.4. The van der Waals surface area contributed by atoms with Gasteiger partial charge in [-0.1, -0.05) is 17.7 Å². The predicted molar refractivity (Wildman–Crippen MR) is 92.4 cm³/mol. The Kier molecular flexibility index (Phi) is 4.28. The van der Waals surface area contributed by atoms with E-state index in [1.807, 2.05) is 36.4 Å². The third-order valence-corrected chi connectivity index (χ3v) is 4.86. The summed E-state index contributed by atoms with van der Waals surface area (Å²) in [6.07, 6.45) is 0. The van der Waals surface area contributed by atoms with E-state index in [4.69, 9.17) is 27.9 Å². The number of nitrogens with one attached hydrogen (secondary N) is 1. The van der Waals surface area contributed by atoms with Crippen molar-refractivity contribution in [3.63, 3.8) is 0 Å². The number of hydrogen-bond acceptors (Lipinski definition) is 2. The van der Waals surface area contributed by atoms with Crippen LogP contribution in [0.5, 0.6) is 5.75 Å². The molecule has 0 bridgehead atoms. The van der Waals surface area contributed by atoms with Crippen LogP contribution in [0.15, 0.2) is 36.4 Å². The number of carbonyl (C=O) groups excluding carboxylic acids is 1. The molecule has 1 amide bonds. The van der Waals surface area contributed by atoms with Gasteiger partial charge in [-0.15, -0.1) is 11.6 Å². The number of anilines is 1. The largest absolute Gasteiger partial charge is 0.482 e. The first kappa shape index (κ1) is 14.9. The molecule has 0 spiro atoms. The van der Waals surface area contributed by atoms with Crippen LogP contribution < -0.4 is 10.1 Å². The molecule has 0 aliphatic carbocycles. The summed E-state index contributed by atoms with van der Waals surface area (Å²) in [5.74, 6) is 0.492. The lowest BCUT2D eigenvalue weighted by Gasteiger charge is -2.20. The smallest absolute Gasteiger partial charge is 0.262 e. The second kappa shape index (κ2) is 6.02. The van der Waals surface area contributed by atoms with E-state index >= 15 is 0 Å². The van der Waals surface area contributed by atoms with Crippen molar-refractivity contribution in [2.45, 2.75) is 5.38 Å². The molecule has 2 aromatic carbocycles. The fraction of sp³-hybridized carbons (Fsp3) is 0.133. The molecule has 1 unspecified atom stereocenters. The van der Waals surface area contributed by atoms with Gasteiger partial charge < -0.3 is 10.1 Å². The Morgan fingerprint density at radius 2 is 2.05 bits per heavy atom. The van der Waals surface area contributed by atoms with Gasteiger partial charge in [-0.3, -0.25) is 4.79 Å². The first-order valence-corrected chi connectivity index (χ1v) is 8.09. The molecule has 0 radical (unpaired) electrons. The minimum atomic E-state index is -0.347. The quantitative estimate of drug-likeness (QED) is 0.555. The average molecular weight is 434 g/mol. The molecule has 3 rings (SSSR count). The van der Waals surface area contributed by atoms with Gasteiger partial charge in [0.15, 0.2) is 6.61 Å². The van der Waals surface area contributed by atoms with Gasteiger partial charge in [0.05, 0.1) is 11.1 Å². The van der Waals surface area contributed by atoms with Crippen LogP contribution >= 0.6 is 45.8 Å². The second-order valence-electron chi connectivity index (χ2n) is 4.62. The standard InChI is InChI=1S/C15H10Cl2INO2/c16-9-2-3-11(18)10(6-9)15(17)8-1-4-13-12(5-8)19-14(20)7-21-13/h1-6,15H,7H2,(H,19,20). The average Bonchev–Trinajstić information content (AvgIpc) is 2.48. The van der Waals surface area contributed by atoms with Gasteiger partial charge in [0, 0.05) is 8.59 Å². The molecule has 108 valence electrons. The number of halogens is 3. The van der Waals surface area contributed by atoms with Crippen LogP contribution in [-0.4, -0.2) is 12.5 Å². The van der Waals surface area contributed by atoms with Crippen molar-refractivity contribution in [3.8, 4) is 5.75 Å². The summed E-state index contributed by atoms with van der Waals surface area (Å²) in [4.78, 5) is 11.4. The molecule has 1 N–H and O–H groups in total. The topological polar surface area (TPSA) is 38.3 Å². The van der Waals surface area contributed by atoms with Gasteiger partial charge in [-0.2, -0.15) is 0 Å². The maximum absolute atomic E-state index is 11.4. The van der Waals surface area contributed by atoms with Crippen LogP contribution in [0.4, 0.5) is 5.69 Å². The highest BCUT2D eigenvalue weighted by Crippen LogP contribution is 2.37. The van der Waals surface area contributed by atoms with Crippen molar-refractivity contribution < 1.29 is 9.53 Å². The fourth-order valence-corrected chi connectivity index (χ4v) is 3.47. The lowest BCUT2D eigenvalue weighted by atomic mass is 10.0. The van der Waals surface area contributed by atoms with Gasteiger partial charge >= 0.3 is 0 Å². The first-order valence-electron chi connectivity index (χ1n) is 6.20. The molecule has 0 saturated heterocycles. The van der Waals surface area contributed by atoms with Gasteiger partial charge in [0.2, 0.25) is 0 Å². The van der Waals surface area contributed by atoms with Crippen LogP contribution in [0.25, 0.3) is 0 Å². The van der Waals surface area contributed by atoms with E-state index in [1.54, 1.807) is 0 Å². The third-order valence-electron chi connectivity index (χ3n) is 3.16. The normalized spacial score (nSPS) is 14.9. The molecule has 3 nitrogen and oxygen atoms in total. The van der Waals surface area contributed by atoms with Crippen LogP contribution in [0.2, 0.25) is 5.02 Å². The van der Waals surface area contributed by atoms with Gasteiger partial charge in [-0.25, -0.2) is 0 Å². The molecule has 2 aromatic rings. The summed E-state index contributed by atoms with van der Waals surface area (Å²) < 4.78 is 6.38. The van der Waals surface area contributed by atoms with Crippen LogP contribution in [-0.2, 0) is 4.79 Å². The highest BCUT2D eigenvalue weighted by Gasteiger charge is 2.20. The molecule has 0 saturated carbocycles. The van der Waals surface area contributed by atoms with E-state index in [2.05, 4.69) is 27.9 Å². The van der Waals surface area contributed by atoms with Crippen LogP contribution in [0.3, 0.4) is 0 Å². The Morgan fingerprint density at radius 1 is 1.24 bits per heavy atom. The Labute approximate surface area is 145 Å². The number of rotatable bonds is 2. The highest BCUT2D eigenvalue weighted by molar-refractivity contribution is 14.1. The van der Waals surface area contributed by atoms with Gasteiger partial charge in [0.25, 0.3) is 5.91 Å². The summed E-state index contributed by atoms with van der Waals surface area (Å²) in [5.41, 5.74) is 2.46. The molecule has 1 heterocycles. The molecule has 1 aliphatic rings. The molecule has 1 atom stereocenters. The van der Waals surface area contributed by atoms with Crippen molar-refractivity contribution in [1.29, 1.82) is 0 Å². The van der Waals surface area contributed by atoms with Crippen molar-refractivity contribution in [2.75, 3.05) is 11.9 Å². The molecule has 21 heavy (non-hydrogen) atoms. The van der Waals surface area contributed by atoms with Gasteiger partial charge in [-0.05, 0) is 64.0 Å². The fourth-order valence-electron chi connectivity index (χ4n) is 2.15. The van der Waals surface area contributed by atoms with Crippen LogP contribution in [0.1, 0.15) is 16.5 Å². The summed E-state index contributed by atoms with van der Waals surface area (Å²) in [6, 6.07) is 11.2. The molecule has 0 aromatic heterocycles. The number of carbonyl (C=O) groups is 1. The van der Waals surface area contributed by atoms with E-state index in [0.29, 0.717) is 16.5 Å². The number of amides is 1. The number of hydrogen-bond donors (Lipinski definition) is 1. The summed E-state index contributed by atoms with van der Waals surface area (Å²) in [6.45, 7) is 0.0445. The van der Waals surface area contributed by atoms with E-state index < -0.39 is 0 Å². The summed E-state index contributed by atoms with van der Waals surface area (Å²) in [7, 11) is 0. The monoisotopic (exact) mass is 433 g/mol. The minimum Gasteiger partial charge on any atom is -0.482 e. The minimum absolute atomic E-state index is 0.0445. The maximum Gasteiger partial charge on any atom is 0.262 e. The van der Waals surface area contributed by atoms with E-state index in [-0.39, 0.29) is 17.9 Å². The zero-order valence-electron chi connectivity index (χ0n) is 10.7. The third kappa shape index (κ3) is 3.12. The predicted octanol–water partition coefficient (Wildman–Crippen LogP) is 4.60. The molecule has 1 aliphatic heterocycles. The summed E-state index contributed by atoms with van der Waals surface area (Å²) in [5, 5.41) is 3.08. The van der Waals surface area contributed by atoms with Gasteiger partial charge in [0.1, 0.15) is 5.75 Å². The highest BCUT2D eigenvalue weighted by atomic mass is 127. The van der Waals surface area contributed by atoms with Crippen molar-refractivity contribution >= 4 is 57.4 Å². The molecular weight excluding hydrogens is 424 g/mol.